The third-order valence-electron chi connectivity index (χ3n) is 4.18. The molecule has 2 rings (SSSR count). The van der Waals surface area contributed by atoms with E-state index in [1.807, 2.05) is 12.1 Å². The van der Waals surface area contributed by atoms with Crippen LogP contribution < -0.4 is 5.32 Å². The molecule has 21 heavy (non-hydrogen) atoms. The van der Waals surface area contributed by atoms with Gasteiger partial charge >= 0.3 is 0 Å². The van der Waals surface area contributed by atoms with Crippen molar-refractivity contribution in [1.82, 2.24) is 0 Å². The summed E-state index contributed by atoms with van der Waals surface area (Å²) in [4.78, 5) is 11.1. The summed E-state index contributed by atoms with van der Waals surface area (Å²) in [6.45, 7) is 5.20. The van der Waals surface area contributed by atoms with Crippen molar-refractivity contribution in [2.75, 3.05) is 38.8 Å². The SMILES string of the molecule is COCC(C)(CC=O)c1ccccc1NCC1CCOC1. The monoisotopic (exact) mass is 291 g/mol. The zero-order valence-corrected chi connectivity index (χ0v) is 12.9. The first-order valence-corrected chi connectivity index (χ1v) is 7.53. The van der Waals surface area contributed by atoms with Crippen LogP contribution >= 0.6 is 0 Å². The summed E-state index contributed by atoms with van der Waals surface area (Å²) < 4.78 is 10.8. The fourth-order valence-electron chi connectivity index (χ4n) is 2.91. The van der Waals surface area contributed by atoms with E-state index in [2.05, 4.69) is 24.4 Å². The molecule has 0 aliphatic carbocycles. The van der Waals surface area contributed by atoms with Crippen molar-refractivity contribution >= 4 is 12.0 Å². The van der Waals surface area contributed by atoms with Gasteiger partial charge in [0, 0.05) is 43.7 Å². The second kappa shape index (κ2) is 7.57. The molecule has 4 heteroatoms. The maximum absolute atomic E-state index is 11.1. The quantitative estimate of drug-likeness (QED) is 0.748. The molecular weight excluding hydrogens is 266 g/mol. The molecule has 1 aromatic carbocycles. The molecule has 2 unspecified atom stereocenters. The number of nitrogens with one attached hydrogen (secondary N) is 1. The number of benzene rings is 1. The number of hydrogen-bond acceptors (Lipinski definition) is 4. The zero-order chi connectivity index (χ0) is 15.1. The Hall–Kier alpha value is -1.39. The highest BCUT2D eigenvalue weighted by molar-refractivity contribution is 5.60. The van der Waals surface area contributed by atoms with Crippen LogP contribution in [0.25, 0.3) is 0 Å². The maximum Gasteiger partial charge on any atom is 0.120 e. The average molecular weight is 291 g/mol. The van der Waals surface area contributed by atoms with Crippen LogP contribution in [0.4, 0.5) is 5.69 Å². The fraction of sp³-hybridized carbons (Fsp3) is 0.588. The molecule has 1 fully saturated rings. The van der Waals surface area contributed by atoms with Gasteiger partial charge in [0.1, 0.15) is 6.29 Å². The minimum Gasteiger partial charge on any atom is -0.384 e. The van der Waals surface area contributed by atoms with Gasteiger partial charge in [-0.2, -0.15) is 0 Å². The second-order valence-corrected chi connectivity index (χ2v) is 6.02. The van der Waals surface area contributed by atoms with Gasteiger partial charge in [-0.25, -0.2) is 0 Å². The second-order valence-electron chi connectivity index (χ2n) is 6.02. The standard InChI is InChI=1S/C17H25NO3/c1-17(8-9-19,13-20-2)15-5-3-4-6-16(15)18-11-14-7-10-21-12-14/h3-6,9,14,18H,7-8,10-13H2,1-2H3. The predicted octanol–water partition coefficient (Wildman–Crippen LogP) is 2.63. The van der Waals surface area contributed by atoms with Crippen LogP contribution in [0.1, 0.15) is 25.3 Å². The number of aldehydes is 1. The van der Waals surface area contributed by atoms with E-state index in [1.54, 1.807) is 7.11 Å². The molecule has 1 aromatic rings. The van der Waals surface area contributed by atoms with E-state index in [-0.39, 0.29) is 5.41 Å². The Morgan fingerprint density at radius 3 is 2.95 bits per heavy atom. The van der Waals surface area contributed by atoms with Gasteiger partial charge in [-0.05, 0) is 18.1 Å². The lowest BCUT2D eigenvalue weighted by atomic mass is 9.79. The molecule has 0 bridgehead atoms. The smallest absolute Gasteiger partial charge is 0.120 e. The van der Waals surface area contributed by atoms with Gasteiger partial charge < -0.3 is 19.6 Å². The third kappa shape index (κ3) is 4.05. The summed E-state index contributed by atoms with van der Waals surface area (Å²) in [6.07, 6.45) is 2.53. The Bertz CT molecular complexity index is 457. The van der Waals surface area contributed by atoms with E-state index in [9.17, 15) is 4.79 Å². The van der Waals surface area contributed by atoms with Crippen LogP contribution in [0.5, 0.6) is 0 Å². The molecule has 1 N–H and O–H groups in total. The van der Waals surface area contributed by atoms with Crippen LogP contribution in [0, 0.1) is 5.92 Å². The van der Waals surface area contributed by atoms with Crippen molar-refractivity contribution in [2.24, 2.45) is 5.92 Å². The fourth-order valence-corrected chi connectivity index (χ4v) is 2.91. The normalized spacial score (nSPS) is 21.0. The number of ether oxygens (including phenoxy) is 2. The number of hydrogen-bond donors (Lipinski definition) is 1. The van der Waals surface area contributed by atoms with Crippen LogP contribution in [0.2, 0.25) is 0 Å². The van der Waals surface area contributed by atoms with Crippen LogP contribution in [0.15, 0.2) is 24.3 Å². The van der Waals surface area contributed by atoms with Crippen molar-refractivity contribution < 1.29 is 14.3 Å². The summed E-state index contributed by atoms with van der Waals surface area (Å²) in [5.74, 6) is 0.567. The number of carbonyl (C=O) groups is 1. The van der Waals surface area contributed by atoms with E-state index in [0.29, 0.717) is 18.9 Å². The highest BCUT2D eigenvalue weighted by Crippen LogP contribution is 2.33. The first-order chi connectivity index (χ1) is 10.2. The van der Waals surface area contributed by atoms with Crippen molar-refractivity contribution in [2.45, 2.75) is 25.2 Å². The number of anilines is 1. The number of rotatable bonds is 8. The molecule has 0 radical (unpaired) electrons. The number of carbonyl (C=O) groups excluding carboxylic acids is 1. The van der Waals surface area contributed by atoms with Gasteiger partial charge in [0.2, 0.25) is 0 Å². The Morgan fingerprint density at radius 1 is 1.48 bits per heavy atom. The zero-order valence-electron chi connectivity index (χ0n) is 12.9. The van der Waals surface area contributed by atoms with Crippen molar-refractivity contribution in [1.29, 1.82) is 0 Å². The number of methoxy groups -OCH3 is 1. The van der Waals surface area contributed by atoms with Gasteiger partial charge in [-0.1, -0.05) is 25.1 Å². The Labute approximate surface area is 126 Å². The highest BCUT2D eigenvalue weighted by atomic mass is 16.5. The van der Waals surface area contributed by atoms with Gasteiger partial charge in [0.05, 0.1) is 13.2 Å². The molecule has 1 aliphatic heterocycles. The van der Waals surface area contributed by atoms with Gasteiger partial charge in [-0.15, -0.1) is 0 Å². The molecule has 0 saturated carbocycles. The summed E-state index contributed by atoms with van der Waals surface area (Å²) in [5.41, 5.74) is 1.93. The van der Waals surface area contributed by atoms with Crippen LogP contribution in [-0.2, 0) is 19.7 Å². The van der Waals surface area contributed by atoms with Crippen molar-refractivity contribution in [3.63, 3.8) is 0 Å². The Morgan fingerprint density at radius 2 is 2.29 bits per heavy atom. The first kappa shape index (κ1) is 16.0. The lowest BCUT2D eigenvalue weighted by molar-refractivity contribution is -0.109. The molecule has 1 heterocycles. The maximum atomic E-state index is 11.1. The van der Waals surface area contributed by atoms with E-state index in [4.69, 9.17) is 9.47 Å². The summed E-state index contributed by atoms with van der Waals surface area (Å²) in [6, 6.07) is 8.18. The molecule has 0 aromatic heterocycles. The van der Waals surface area contributed by atoms with Gasteiger partial charge in [-0.3, -0.25) is 0 Å². The van der Waals surface area contributed by atoms with Gasteiger partial charge in [0.15, 0.2) is 0 Å². The van der Waals surface area contributed by atoms with Crippen LogP contribution in [0.3, 0.4) is 0 Å². The lowest BCUT2D eigenvalue weighted by Gasteiger charge is -2.30. The predicted molar refractivity (Wildman–Crippen MR) is 83.8 cm³/mol. The molecule has 0 spiro atoms. The Balaban J connectivity index is 2.15. The third-order valence-corrected chi connectivity index (χ3v) is 4.18. The average Bonchev–Trinajstić information content (AvgIpc) is 2.99. The minimum atomic E-state index is -0.299. The van der Waals surface area contributed by atoms with E-state index >= 15 is 0 Å². The molecule has 0 amide bonds. The molecule has 4 nitrogen and oxygen atoms in total. The number of para-hydroxylation sites is 1. The first-order valence-electron chi connectivity index (χ1n) is 7.53. The van der Waals surface area contributed by atoms with Crippen LogP contribution in [-0.4, -0.2) is 39.8 Å². The topological polar surface area (TPSA) is 47.6 Å². The van der Waals surface area contributed by atoms with E-state index in [1.165, 1.54) is 0 Å². The lowest BCUT2D eigenvalue weighted by Crippen LogP contribution is -2.30. The van der Waals surface area contributed by atoms with Gasteiger partial charge in [0.25, 0.3) is 0 Å². The molecule has 2 atom stereocenters. The summed E-state index contributed by atoms with van der Waals surface area (Å²) >= 11 is 0. The summed E-state index contributed by atoms with van der Waals surface area (Å²) in [7, 11) is 1.68. The molecule has 1 saturated heterocycles. The van der Waals surface area contributed by atoms with E-state index < -0.39 is 0 Å². The summed E-state index contributed by atoms with van der Waals surface area (Å²) in [5, 5.41) is 3.53. The molecule has 116 valence electrons. The minimum absolute atomic E-state index is 0.299. The van der Waals surface area contributed by atoms with Crippen molar-refractivity contribution in [3.05, 3.63) is 29.8 Å². The van der Waals surface area contributed by atoms with Crippen molar-refractivity contribution in [3.8, 4) is 0 Å². The Kier molecular flexibility index (Phi) is 5.76. The molecule has 1 aliphatic rings. The molecular formula is C17H25NO3. The highest BCUT2D eigenvalue weighted by Gasteiger charge is 2.29. The largest absolute Gasteiger partial charge is 0.384 e. The van der Waals surface area contributed by atoms with E-state index in [0.717, 1.165) is 43.7 Å².